The number of hydrogen-bond donors (Lipinski definition) is 0. The Morgan fingerprint density at radius 3 is 2.30 bits per heavy atom. The van der Waals surface area contributed by atoms with E-state index in [9.17, 15) is 0 Å². The van der Waals surface area contributed by atoms with E-state index >= 15 is 0 Å². The maximum Gasteiger partial charge on any atom is 0.0786 e. The molecule has 110 valence electrons. The van der Waals surface area contributed by atoms with Crippen LogP contribution in [-0.4, -0.2) is 4.98 Å². The van der Waals surface area contributed by atoms with Crippen molar-refractivity contribution in [2.24, 2.45) is 0 Å². The minimum atomic E-state index is -0.0189. The summed E-state index contributed by atoms with van der Waals surface area (Å²) in [5.41, 5.74) is 5.13. The summed E-state index contributed by atoms with van der Waals surface area (Å²) < 4.78 is 0. The van der Waals surface area contributed by atoms with Gasteiger partial charge in [0.15, 0.2) is 0 Å². The highest BCUT2D eigenvalue weighted by atomic mass is 14.7. The third-order valence-electron chi connectivity index (χ3n) is 5.28. The number of benzene rings is 3. The van der Waals surface area contributed by atoms with Crippen molar-refractivity contribution >= 4 is 21.5 Å². The van der Waals surface area contributed by atoms with Crippen LogP contribution >= 0.6 is 0 Å². The zero-order valence-corrected chi connectivity index (χ0v) is 13.3. The molecule has 0 spiro atoms. The largest absolute Gasteiger partial charge is 0.256 e. The van der Waals surface area contributed by atoms with Gasteiger partial charge in [0.25, 0.3) is 0 Å². The first-order chi connectivity index (χ1) is 11.2. The van der Waals surface area contributed by atoms with E-state index in [0.717, 1.165) is 5.69 Å². The van der Waals surface area contributed by atoms with E-state index in [0.29, 0.717) is 0 Å². The molecule has 1 aromatic heterocycles. The maximum absolute atomic E-state index is 4.75. The van der Waals surface area contributed by atoms with Crippen molar-refractivity contribution in [1.29, 1.82) is 0 Å². The molecule has 3 aromatic carbocycles. The van der Waals surface area contributed by atoms with Crippen LogP contribution in [0.1, 0.15) is 25.0 Å². The molecule has 5 rings (SSSR count). The average molecular weight is 295 g/mol. The number of hydrogen-bond acceptors (Lipinski definition) is 1. The van der Waals surface area contributed by atoms with Gasteiger partial charge in [-0.25, -0.2) is 0 Å². The molecule has 1 aliphatic carbocycles. The first-order valence-electron chi connectivity index (χ1n) is 8.08. The first-order valence-corrected chi connectivity index (χ1v) is 8.08. The quantitative estimate of drug-likeness (QED) is 0.406. The van der Waals surface area contributed by atoms with Gasteiger partial charge in [-0.2, -0.15) is 0 Å². The topological polar surface area (TPSA) is 12.9 Å². The minimum absolute atomic E-state index is 0.0189. The van der Waals surface area contributed by atoms with Gasteiger partial charge in [-0.05, 0) is 45.5 Å². The van der Waals surface area contributed by atoms with Gasteiger partial charge in [0, 0.05) is 22.6 Å². The molecule has 0 saturated carbocycles. The van der Waals surface area contributed by atoms with Crippen molar-refractivity contribution in [2.75, 3.05) is 0 Å². The van der Waals surface area contributed by atoms with Crippen molar-refractivity contribution in [1.82, 2.24) is 4.98 Å². The average Bonchev–Trinajstić information content (AvgIpc) is 2.58. The molecule has 1 heterocycles. The third kappa shape index (κ3) is 1.60. The molecule has 0 unspecified atom stereocenters. The van der Waals surface area contributed by atoms with Crippen LogP contribution in [0.3, 0.4) is 0 Å². The van der Waals surface area contributed by atoms with E-state index in [2.05, 4.69) is 74.5 Å². The molecule has 4 aromatic rings. The molecule has 0 aliphatic heterocycles. The van der Waals surface area contributed by atoms with Crippen molar-refractivity contribution < 1.29 is 0 Å². The summed E-state index contributed by atoms with van der Waals surface area (Å²) in [6.45, 7) is 4.65. The molecule has 23 heavy (non-hydrogen) atoms. The van der Waals surface area contributed by atoms with E-state index < -0.39 is 0 Å². The number of fused-ring (bicyclic) bond motifs is 3. The zero-order chi connectivity index (χ0) is 15.6. The highest BCUT2D eigenvalue weighted by molar-refractivity contribution is 6.03. The molecule has 1 heteroatoms. The molecule has 0 fully saturated rings. The van der Waals surface area contributed by atoms with Crippen molar-refractivity contribution in [3.63, 3.8) is 0 Å². The van der Waals surface area contributed by atoms with Gasteiger partial charge in [0.05, 0.1) is 5.69 Å². The Bertz CT molecular complexity index is 1080. The summed E-state index contributed by atoms with van der Waals surface area (Å²) in [6.07, 6.45) is 1.93. The minimum Gasteiger partial charge on any atom is -0.256 e. The lowest BCUT2D eigenvalue weighted by Gasteiger charge is -2.34. The number of rotatable bonds is 0. The lowest BCUT2D eigenvalue weighted by atomic mass is 9.69. The zero-order valence-electron chi connectivity index (χ0n) is 13.3. The summed E-state index contributed by atoms with van der Waals surface area (Å²) in [5, 5.41) is 5.16. The Morgan fingerprint density at radius 2 is 1.48 bits per heavy atom. The fraction of sp³-hybridized carbons (Fsp3) is 0.136. The molecule has 1 aliphatic rings. The second-order valence-electron chi connectivity index (χ2n) is 6.93. The van der Waals surface area contributed by atoms with Gasteiger partial charge in [-0.15, -0.1) is 0 Å². The van der Waals surface area contributed by atoms with E-state index in [-0.39, 0.29) is 5.41 Å². The Morgan fingerprint density at radius 1 is 0.739 bits per heavy atom. The lowest BCUT2D eigenvalue weighted by Crippen LogP contribution is -2.24. The highest BCUT2D eigenvalue weighted by Gasteiger charge is 2.34. The van der Waals surface area contributed by atoms with Gasteiger partial charge < -0.3 is 0 Å². The summed E-state index contributed by atoms with van der Waals surface area (Å²) in [7, 11) is 0. The number of pyridine rings is 1. The van der Waals surface area contributed by atoms with Gasteiger partial charge in [0.1, 0.15) is 0 Å². The van der Waals surface area contributed by atoms with Crippen molar-refractivity contribution in [2.45, 2.75) is 19.3 Å². The Labute approximate surface area is 135 Å². The predicted molar refractivity (Wildman–Crippen MR) is 96.8 cm³/mol. The van der Waals surface area contributed by atoms with E-state index in [1.807, 2.05) is 6.20 Å². The Hall–Kier alpha value is -2.67. The standard InChI is InChI=1S/C22H17N/c1-22(2)18-9-5-8-14-10-11-23-21(20(14)18)17-12-15-6-3-4-7-16(15)13-19(17)22/h3-13H,1-2H3. The number of nitrogens with zero attached hydrogens (tertiary/aromatic N) is 1. The molecule has 0 saturated heterocycles. The Balaban J connectivity index is 2.02. The van der Waals surface area contributed by atoms with Gasteiger partial charge in [0.2, 0.25) is 0 Å². The van der Waals surface area contributed by atoms with Crippen LogP contribution < -0.4 is 0 Å². The van der Waals surface area contributed by atoms with Crippen LogP contribution in [0.25, 0.3) is 32.8 Å². The van der Waals surface area contributed by atoms with Crippen LogP contribution in [-0.2, 0) is 5.41 Å². The number of aromatic nitrogens is 1. The van der Waals surface area contributed by atoms with Gasteiger partial charge in [-0.1, -0.05) is 56.3 Å². The van der Waals surface area contributed by atoms with E-state index in [1.165, 1.54) is 38.2 Å². The second kappa shape index (κ2) is 4.20. The highest BCUT2D eigenvalue weighted by Crippen LogP contribution is 2.48. The van der Waals surface area contributed by atoms with Crippen LogP contribution in [0.2, 0.25) is 0 Å². The van der Waals surface area contributed by atoms with Crippen LogP contribution in [0, 0.1) is 0 Å². The predicted octanol–water partition coefficient (Wildman–Crippen LogP) is 5.69. The third-order valence-corrected chi connectivity index (χ3v) is 5.28. The van der Waals surface area contributed by atoms with Crippen LogP contribution in [0.5, 0.6) is 0 Å². The summed E-state index contributed by atoms with van der Waals surface area (Å²) in [4.78, 5) is 4.75. The molecule has 0 amide bonds. The summed E-state index contributed by atoms with van der Waals surface area (Å²) >= 11 is 0. The van der Waals surface area contributed by atoms with Crippen molar-refractivity contribution in [3.05, 3.63) is 78.0 Å². The van der Waals surface area contributed by atoms with Crippen molar-refractivity contribution in [3.8, 4) is 11.3 Å². The lowest BCUT2D eigenvalue weighted by molar-refractivity contribution is 0.645. The molecular weight excluding hydrogens is 278 g/mol. The maximum atomic E-state index is 4.75. The molecule has 0 radical (unpaired) electrons. The fourth-order valence-corrected chi connectivity index (χ4v) is 4.05. The molecule has 0 N–H and O–H groups in total. The van der Waals surface area contributed by atoms with E-state index in [1.54, 1.807) is 0 Å². The molecular formula is C22H17N. The molecule has 1 nitrogen and oxygen atoms in total. The Kier molecular flexibility index (Phi) is 2.34. The van der Waals surface area contributed by atoms with E-state index in [4.69, 9.17) is 4.98 Å². The fourth-order valence-electron chi connectivity index (χ4n) is 4.05. The smallest absolute Gasteiger partial charge is 0.0786 e. The van der Waals surface area contributed by atoms with Gasteiger partial charge in [-0.3, -0.25) is 4.98 Å². The monoisotopic (exact) mass is 295 g/mol. The van der Waals surface area contributed by atoms with Crippen LogP contribution in [0.4, 0.5) is 0 Å². The van der Waals surface area contributed by atoms with Gasteiger partial charge >= 0.3 is 0 Å². The van der Waals surface area contributed by atoms with Crippen LogP contribution in [0.15, 0.2) is 66.9 Å². The normalized spacial score (nSPS) is 14.9. The molecule has 0 atom stereocenters. The first kappa shape index (κ1) is 12.8. The SMILES string of the molecule is CC1(C)c2cc3ccccc3cc2-c2nccc3cccc1c23. The summed E-state index contributed by atoms with van der Waals surface area (Å²) in [5.74, 6) is 0. The molecule has 0 bridgehead atoms. The second-order valence-corrected chi connectivity index (χ2v) is 6.93. The summed E-state index contributed by atoms with van der Waals surface area (Å²) in [6, 6.07) is 22.0.